The highest BCUT2D eigenvalue weighted by atomic mass is 19.1. The van der Waals surface area contributed by atoms with Gasteiger partial charge < -0.3 is 5.32 Å². The molecule has 17 heavy (non-hydrogen) atoms. The second kappa shape index (κ2) is 5.05. The van der Waals surface area contributed by atoms with Gasteiger partial charge in [-0.3, -0.25) is 4.68 Å². The van der Waals surface area contributed by atoms with Crippen LogP contribution in [0.4, 0.5) is 4.39 Å². The molecule has 0 bridgehead atoms. The summed E-state index contributed by atoms with van der Waals surface area (Å²) in [5.41, 5.74) is 1.50. The van der Waals surface area contributed by atoms with Crippen molar-refractivity contribution in [2.75, 3.05) is 7.05 Å². The Morgan fingerprint density at radius 1 is 1.41 bits per heavy atom. The van der Waals surface area contributed by atoms with E-state index in [-0.39, 0.29) is 11.9 Å². The number of halogens is 1. The van der Waals surface area contributed by atoms with Crippen molar-refractivity contribution in [3.8, 4) is 0 Å². The summed E-state index contributed by atoms with van der Waals surface area (Å²) in [6, 6.07) is 6.76. The number of aryl methyl sites for hydroxylation is 1. The Labute approximate surface area is 99.5 Å². The standard InChI is InChI=1S/C12H15FN4/c1-14-11(12-8-17(2)16-15-12)7-9-5-3-4-6-10(9)13/h3-6,8,11,14H,7H2,1-2H3. The van der Waals surface area contributed by atoms with Crippen LogP contribution in [0.1, 0.15) is 17.3 Å². The summed E-state index contributed by atoms with van der Waals surface area (Å²) in [6.07, 6.45) is 2.39. The molecule has 1 aromatic carbocycles. The van der Waals surface area contributed by atoms with Gasteiger partial charge in [0.05, 0.1) is 11.7 Å². The van der Waals surface area contributed by atoms with E-state index in [1.807, 2.05) is 26.4 Å². The van der Waals surface area contributed by atoms with Crippen LogP contribution in [0.2, 0.25) is 0 Å². The molecule has 1 N–H and O–H groups in total. The maximum atomic E-state index is 13.5. The molecule has 0 spiro atoms. The normalized spacial score (nSPS) is 12.6. The molecule has 0 aliphatic carbocycles. The molecule has 0 radical (unpaired) electrons. The predicted molar refractivity (Wildman–Crippen MR) is 62.9 cm³/mol. The zero-order valence-electron chi connectivity index (χ0n) is 9.89. The molecule has 0 fully saturated rings. The number of aromatic nitrogens is 3. The first-order chi connectivity index (χ1) is 8.20. The van der Waals surface area contributed by atoms with Gasteiger partial charge in [-0.05, 0) is 25.1 Å². The molecule has 1 heterocycles. The monoisotopic (exact) mass is 234 g/mol. The lowest BCUT2D eigenvalue weighted by Gasteiger charge is -2.13. The Kier molecular flexibility index (Phi) is 3.49. The number of nitrogens with zero attached hydrogens (tertiary/aromatic N) is 3. The van der Waals surface area contributed by atoms with Crippen molar-refractivity contribution in [2.45, 2.75) is 12.5 Å². The number of hydrogen-bond acceptors (Lipinski definition) is 3. The maximum Gasteiger partial charge on any atom is 0.126 e. The highest BCUT2D eigenvalue weighted by Gasteiger charge is 2.15. The summed E-state index contributed by atoms with van der Waals surface area (Å²) in [7, 11) is 3.65. The van der Waals surface area contributed by atoms with Crippen molar-refractivity contribution >= 4 is 0 Å². The molecule has 1 aromatic heterocycles. The van der Waals surface area contributed by atoms with Crippen molar-refractivity contribution in [1.29, 1.82) is 0 Å². The second-order valence-electron chi connectivity index (χ2n) is 3.95. The van der Waals surface area contributed by atoms with Gasteiger partial charge in [0.25, 0.3) is 0 Å². The van der Waals surface area contributed by atoms with Crippen LogP contribution in [-0.2, 0) is 13.5 Å². The number of hydrogen-bond donors (Lipinski definition) is 1. The number of nitrogens with one attached hydrogen (secondary N) is 1. The van der Waals surface area contributed by atoms with Crippen LogP contribution >= 0.6 is 0 Å². The summed E-state index contributed by atoms with van der Waals surface area (Å²) in [6.45, 7) is 0. The molecule has 90 valence electrons. The first-order valence-corrected chi connectivity index (χ1v) is 5.47. The van der Waals surface area contributed by atoms with Crippen LogP contribution < -0.4 is 5.32 Å². The summed E-state index contributed by atoms with van der Waals surface area (Å²) in [5.74, 6) is -0.184. The molecule has 4 nitrogen and oxygen atoms in total. The molecule has 0 aliphatic rings. The van der Waals surface area contributed by atoms with Gasteiger partial charge in [0.2, 0.25) is 0 Å². The van der Waals surface area contributed by atoms with E-state index in [1.54, 1.807) is 16.8 Å². The molecular weight excluding hydrogens is 219 g/mol. The third-order valence-electron chi connectivity index (χ3n) is 2.71. The quantitative estimate of drug-likeness (QED) is 0.870. The molecule has 0 saturated heterocycles. The van der Waals surface area contributed by atoms with Gasteiger partial charge in [-0.15, -0.1) is 5.10 Å². The van der Waals surface area contributed by atoms with Crippen molar-refractivity contribution in [3.05, 3.63) is 47.5 Å². The van der Waals surface area contributed by atoms with Gasteiger partial charge in [0.15, 0.2) is 0 Å². The van der Waals surface area contributed by atoms with Gasteiger partial charge >= 0.3 is 0 Å². The van der Waals surface area contributed by atoms with E-state index in [4.69, 9.17) is 0 Å². The van der Waals surface area contributed by atoms with E-state index >= 15 is 0 Å². The zero-order valence-corrected chi connectivity index (χ0v) is 9.89. The Morgan fingerprint density at radius 2 is 2.18 bits per heavy atom. The van der Waals surface area contributed by atoms with Gasteiger partial charge in [-0.1, -0.05) is 23.4 Å². The van der Waals surface area contributed by atoms with Crippen molar-refractivity contribution in [3.63, 3.8) is 0 Å². The molecular formula is C12H15FN4. The van der Waals surface area contributed by atoms with Crippen molar-refractivity contribution in [1.82, 2.24) is 20.3 Å². The highest BCUT2D eigenvalue weighted by Crippen LogP contribution is 2.17. The third-order valence-corrected chi connectivity index (χ3v) is 2.71. The van der Waals surface area contributed by atoms with E-state index in [0.717, 1.165) is 5.69 Å². The minimum absolute atomic E-state index is 0.0272. The Morgan fingerprint density at radius 3 is 2.76 bits per heavy atom. The second-order valence-corrected chi connectivity index (χ2v) is 3.95. The molecule has 0 aliphatic heterocycles. The predicted octanol–water partition coefficient (Wildman–Crippen LogP) is 1.46. The van der Waals surface area contributed by atoms with Gasteiger partial charge in [-0.25, -0.2) is 4.39 Å². The molecule has 5 heteroatoms. The highest BCUT2D eigenvalue weighted by molar-refractivity contribution is 5.20. The largest absolute Gasteiger partial charge is 0.311 e. The average molecular weight is 234 g/mol. The summed E-state index contributed by atoms with van der Waals surface area (Å²) < 4.78 is 15.2. The lowest BCUT2D eigenvalue weighted by atomic mass is 10.0. The Hall–Kier alpha value is -1.75. The lowest BCUT2D eigenvalue weighted by Crippen LogP contribution is -2.19. The van der Waals surface area contributed by atoms with E-state index in [2.05, 4.69) is 15.6 Å². The van der Waals surface area contributed by atoms with Gasteiger partial charge in [0, 0.05) is 13.2 Å². The number of rotatable bonds is 4. The smallest absolute Gasteiger partial charge is 0.126 e. The molecule has 0 amide bonds. The molecule has 0 saturated carbocycles. The fourth-order valence-corrected chi connectivity index (χ4v) is 1.76. The third kappa shape index (κ3) is 2.68. The van der Waals surface area contributed by atoms with E-state index in [9.17, 15) is 4.39 Å². The number of benzene rings is 1. The van der Waals surface area contributed by atoms with E-state index in [1.165, 1.54) is 6.07 Å². The van der Waals surface area contributed by atoms with Crippen molar-refractivity contribution in [2.24, 2.45) is 7.05 Å². The van der Waals surface area contributed by atoms with Crippen LogP contribution in [-0.4, -0.2) is 22.0 Å². The lowest BCUT2D eigenvalue weighted by molar-refractivity contribution is 0.544. The van der Waals surface area contributed by atoms with Crippen molar-refractivity contribution < 1.29 is 4.39 Å². The van der Waals surface area contributed by atoms with E-state index < -0.39 is 0 Å². The van der Waals surface area contributed by atoms with Gasteiger partial charge in [0.1, 0.15) is 5.82 Å². The van der Waals surface area contributed by atoms with Crippen LogP contribution in [0.3, 0.4) is 0 Å². The van der Waals surface area contributed by atoms with Crippen LogP contribution in [0.15, 0.2) is 30.5 Å². The SMILES string of the molecule is CNC(Cc1ccccc1F)c1cn(C)nn1. The summed E-state index contributed by atoms with van der Waals surface area (Å²) in [5, 5.41) is 11.0. The zero-order chi connectivity index (χ0) is 12.3. The maximum absolute atomic E-state index is 13.5. The summed E-state index contributed by atoms with van der Waals surface area (Å²) >= 11 is 0. The topological polar surface area (TPSA) is 42.7 Å². The minimum atomic E-state index is -0.184. The van der Waals surface area contributed by atoms with Crippen LogP contribution in [0, 0.1) is 5.82 Å². The van der Waals surface area contributed by atoms with Gasteiger partial charge in [-0.2, -0.15) is 0 Å². The fraction of sp³-hybridized carbons (Fsp3) is 0.333. The van der Waals surface area contributed by atoms with E-state index in [0.29, 0.717) is 12.0 Å². The van der Waals surface area contributed by atoms with Crippen LogP contribution in [0.5, 0.6) is 0 Å². The Bertz CT molecular complexity index is 495. The minimum Gasteiger partial charge on any atom is -0.311 e. The Balaban J connectivity index is 2.18. The fourth-order valence-electron chi connectivity index (χ4n) is 1.76. The first-order valence-electron chi connectivity index (χ1n) is 5.47. The summed E-state index contributed by atoms with van der Waals surface area (Å²) in [4.78, 5) is 0. The van der Waals surface area contributed by atoms with Crippen LogP contribution in [0.25, 0.3) is 0 Å². The molecule has 1 atom stereocenters. The number of likely N-dealkylation sites (N-methyl/N-ethyl adjacent to an activating group) is 1. The first kappa shape index (κ1) is 11.7. The molecule has 2 aromatic rings. The molecule has 2 rings (SSSR count). The molecule has 1 unspecified atom stereocenters. The average Bonchev–Trinajstić information content (AvgIpc) is 2.75.